The third kappa shape index (κ3) is 3.65. The minimum absolute atomic E-state index is 0.190. The summed E-state index contributed by atoms with van der Waals surface area (Å²) < 4.78 is 5.46. The van der Waals surface area contributed by atoms with E-state index in [1.807, 2.05) is 65.7 Å². The highest BCUT2D eigenvalue weighted by atomic mass is 16.5. The van der Waals surface area contributed by atoms with Crippen molar-refractivity contribution in [2.75, 3.05) is 18.2 Å². The number of ether oxygens (including phenoxy) is 1. The first-order valence-corrected chi connectivity index (χ1v) is 8.42. The predicted octanol–water partition coefficient (Wildman–Crippen LogP) is 3.87. The number of hydrogen-bond donors (Lipinski definition) is 0. The van der Waals surface area contributed by atoms with E-state index >= 15 is 0 Å². The highest BCUT2D eigenvalue weighted by Gasteiger charge is 2.35. The van der Waals surface area contributed by atoms with Crippen LogP contribution in [0, 0.1) is 5.92 Å². The molecule has 4 nitrogen and oxygen atoms in total. The third-order valence-corrected chi connectivity index (χ3v) is 4.06. The van der Waals surface area contributed by atoms with E-state index < -0.39 is 0 Å². The van der Waals surface area contributed by atoms with E-state index in [4.69, 9.17) is 9.84 Å². The summed E-state index contributed by atoms with van der Waals surface area (Å²) in [5.74, 6) is -0.547. The molecule has 0 aromatic heterocycles. The maximum Gasteiger partial charge on any atom is 0.317 e. The molecule has 3 rings (SSSR count). The highest BCUT2D eigenvalue weighted by molar-refractivity contribution is 6.13. The summed E-state index contributed by atoms with van der Waals surface area (Å²) in [6.45, 7) is 3.07. The molecular formula is C20H22N2O2. The number of hydrogen-bond acceptors (Lipinski definition) is 4. The number of hydrazone groups is 1. The number of rotatable bonds is 6. The van der Waals surface area contributed by atoms with Gasteiger partial charge in [-0.2, -0.15) is 5.10 Å². The monoisotopic (exact) mass is 322 g/mol. The Morgan fingerprint density at radius 1 is 1.12 bits per heavy atom. The van der Waals surface area contributed by atoms with Crippen LogP contribution in [0.1, 0.15) is 25.3 Å². The van der Waals surface area contributed by atoms with Crippen molar-refractivity contribution in [1.82, 2.24) is 0 Å². The molecular weight excluding hydrogens is 300 g/mol. The quantitative estimate of drug-likeness (QED) is 0.599. The molecule has 24 heavy (non-hydrogen) atoms. The summed E-state index contributed by atoms with van der Waals surface area (Å²) in [6.07, 6.45) is 1.90. The minimum Gasteiger partial charge on any atom is -0.465 e. The number of carbonyl (C=O) groups excluding carboxylic acids is 1. The molecule has 0 fully saturated rings. The lowest BCUT2D eigenvalue weighted by Gasteiger charge is -2.15. The smallest absolute Gasteiger partial charge is 0.317 e. The van der Waals surface area contributed by atoms with Gasteiger partial charge in [-0.25, -0.2) is 0 Å². The number of nitrogens with zero attached hydrogens (tertiary/aromatic N) is 2. The van der Waals surface area contributed by atoms with Crippen molar-refractivity contribution in [1.29, 1.82) is 0 Å². The van der Waals surface area contributed by atoms with Crippen molar-refractivity contribution >= 4 is 17.4 Å². The lowest BCUT2D eigenvalue weighted by atomic mass is 9.97. The summed E-state index contributed by atoms with van der Waals surface area (Å²) in [4.78, 5) is 12.6. The lowest BCUT2D eigenvalue weighted by molar-refractivity contribution is -0.145. The molecule has 2 aromatic rings. The zero-order valence-electron chi connectivity index (χ0n) is 13.9. The van der Waals surface area contributed by atoms with Gasteiger partial charge in [0.05, 0.1) is 24.6 Å². The Labute approximate surface area is 142 Å². The summed E-state index contributed by atoms with van der Waals surface area (Å²) in [5.41, 5.74) is 2.73. The van der Waals surface area contributed by atoms with Crippen molar-refractivity contribution in [3.63, 3.8) is 0 Å². The molecule has 2 aromatic carbocycles. The molecule has 0 radical (unpaired) electrons. The van der Waals surface area contributed by atoms with E-state index in [1.54, 1.807) is 0 Å². The Bertz CT molecular complexity index is 698. The molecule has 4 heteroatoms. The Hall–Kier alpha value is -2.62. The Balaban J connectivity index is 1.85. The van der Waals surface area contributed by atoms with Crippen LogP contribution in [0.4, 0.5) is 5.69 Å². The van der Waals surface area contributed by atoms with Gasteiger partial charge in [-0.3, -0.25) is 9.80 Å². The summed E-state index contributed by atoms with van der Waals surface area (Å²) in [5, 5.41) is 6.59. The number of esters is 1. The van der Waals surface area contributed by atoms with E-state index in [0.29, 0.717) is 13.2 Å². The zero-order valence-corrected chi connectivity index (χ0v) is 13.9. The molecule has 0 N–H and O–H groups in total. The SMILES string of the molecule is CCCCOC(=O)C1CN(c2ccccc2)N=C1c1ccccc1. The predicted molar refractivity (Wildman–Crippen MR) is 96.1 cm³/mol. The van der Waals surface area contributed by atoms with Crippen LogP contribution in [-0.4, -0.2) is 24.8 Å². The average Bonchev–Trinajstić information content (AvgIpc) is 3.09. The van der Waals surface area contributed by atoms with Gasteiger partial charge >= 0.3 is 5.97 Å². The van der Waals surface area contributed by atoms with Crippen LogP contribution in [0.15, 0.2) is 65.8 Å². The molecule has 0 bridgehead atoms. The van der Waals surface area contributed by atoms with Gasteiger partial charge in [0.15, 0.2) is 0 Å². The summed E-state index contributed by atoms with van der Waals surface area (Å²) >= 11 is 0. The van der Waals surface area contributed by atoms with Crippen LogP contribution in [0.25, 0.3) is 0 Å². The number of unbranched alkanes of at least 4 members (excludes halogenated alkanes) is 1. The zero-order chi connectivity index (χ0) is 16.8. The standard InChI is InChI=1S/C20H22N2O2/c1-2-3-14-24-20(23)18-15-22(17-12-8-5-9-13-17)21-19(18)16-10-6-4-7-11-16/h4-13,18H,2-3,14-15H2,1H3. The number of benzene rings is 2. The van der Waals surface area contributed by atoms with E-state index in [0.717, 1.165) is 29.8 Å². The third-order valence-electron chi connectivity index (χ3n) is 4.06. The topological polar surface area (TPSA) is 41.9 Å². The largest absolute Gasteiger partial charge is 0.465 e. The minimum atomic E-state index is -0.357. The molecule has 0 aliphatic carbocycles. The summed E-state index contributed by atoms with van der Waals surface area (Å²) in [6, 6.07) is 19.8. The fraction of sp³-hybridized carbons (Fsp3) is 0.300. The van der Waals surface area contributed by atoms with Crippen molar-refractivity contribution in [2.45, 2.75) is 19.8 Å². The van der Waals surface area contributed by atoms with Crippen molar-refractivity contribution in [3.05, 3.63) is 66.2 Å². The fourth-order valence-electron chi connectivity index (χ4n) is 2.73. The van der Waals surface area contributed by atoms with Gasteiger partial charge in [-0.1, -0.05) is 61.9 Å². The fourth-order valence-corrected chi connectivity index (χ4v) is 2.73. The van der Waals surface area contributed by atoms with Crippen LogP contribution in [-0.2, 0) is 9.53 Å². The molecule has 124 valence electrons. The molecule has 1 unspecified atom stereocenters. The Kier molecular flexibility index (Phi) is 5.26. The first-order valence-electron chi connectivity index (χ1n) is 8.42. The Morgan fingerprint density at radius 2 is 1.79 bits per heavy atom. The second-order valence-corrected chi connectivity index (χ2v) is 5.84. The number of carbonyl (C=O) groups is 1. The van der Waals surface area contributed by atoms with Gasteiger partial charge in [0.25, 0.3) is 0 Å². The van der Waals surface area contributed by atoms with Gasteiger partial charge < -0.3 is 4.74 Å². The van der Waals surface area contributed by atoms with Crippen molar-refractivity contribution in [3.8, 4) is 0 Å². The van der Waals surface area contributed by atoms with Crippen LogP contribution in [0.2, 0.25) is 0 Å². The van der Waals surface area contributed by atoms with Gasteiger partial charge in [0.2, 0.25) is 0 Å². The van der Waals surface area contributed by atoms with E-state index in [2.05, 4.69) is 6.92 Å². The van der Waals surface area contributed by atoms with E-state index in [1.165, 1.54) is 0 Å². The maximum atomic E-state index is 12.6. The van der Waals surface area contributed by atoms with E-state index in [9.17, 15) is 4.79 Å². The van der Waals surface area contributed by atoms with E-state index in [-0.39, 0.29) is 11.9 Å². The number of para-hydroxylation sites is 1. The molecule has 0 saturated carbocycles. The molecule has 0 saturated heterocycles. The van der Waals surface area contributed by atoms with Gasteiger partial charge in [0, 0.05) is 0 Å². The van der Waals surface area contributed by atoms with Crippen molar-refractivity contribution < 1.29 is 9.53 Å². The highest BCUT2D eigenvalue weighted by Crippen LogP contribution is 2.26. The van der Waals surface area contributed by atoms with Crippen LogP contribution >= 0.6 is 0 Å². The molecule has 1 aliphatic heterocycles. The van der Waals surface area contributed by atoms with Gasteiger partial charge in [-0.05, 0) is 24.1 Å². The van der Waals surface area contributed by atoms with Crippen LogP contribution in [0.5, 0.6) is 0 Å². The van der Waals surface area contributed by atoms with Gasteiger partial charge in [0.1, 0.15) is 5.92 Å². The second-order valence-electron chi connectivity index (χ2n) is 5.84. The summed E-state index contributed by atoms with van der Waals surface area (Å²) in [7, 11) is 0. The molecule has 1 heterocycles. The molecule has 0 spiro atoms. The van der Waals surface area contributed by atoms with Crippen LogP contribution in [0.3, 0.4) is 0 Å². The molecule has 1 atom stereocenters. The maximum absolute atomic E-state index is 12.6. The van der Waals surface area contributed by atoms with Crippen LogP contribution < -0.4 is 5.01 Å². The van der Waals surface area contributed by atoms with Crippen molar-refractivity contribution in [2.24, 2.45) is 11.0 Å². The lowest BCUT2D eigenvalue weighted by Crippen LogP contribution is -2.29. The Morgan fingerprint density at radius 3 is 2.46 bits per heavy atom. The normalized spacial score (nSPS) is 16.8. The molecule has 1 aliphatic rings. The average molecular weight is 322 g/mol. The second kappa shape index (κ2) is 7.77. The molecule has 0 amide bonds. The number of anilines is 1. The first-order chi connectivity index (χ1) is 11.8. The first kappa shape index (κ1) is 16.2. The van der Waals surface area contributed by atoms with Gasteiger partial charge in [-0.15, -0.1) is 0 Å².